The summed E-state index contributed by atoms with van der Waals surface area (Å²) >= 11 is 0. The Balaban J connectivity index is 1.88. The summed E-state index contributed by atoms with van der Waals surface area (Å²) in [4.78, 5) is 26.6. The topological polar surface area (TPSA) is 46.6 Å². The van der Waals surface area contributed by atoms with Crippen molar-refractivity contribution >= 4 is 11.9 Å². The summed E-state index contributed by atoms with van der Waals surface area (Å²) in [7, 11) is 1.36. The Bertz CT molecular complexity index is 684. The van der Waals surface area contributed by atoms with Gasteiger partial charge in [-0.1, -0.05) is 60.7 Å². The molecular formula is C19H19NO3. The van der Waals surface area contributed by atoms with Gasteiger partial charge in [-0.25, -0.2) is 4.79 Å². The first-order valence-electron chi connectivity index (χ1n) is 7.68. The highest BCUT2D eigenvalue weighted by Crippen LogP contribution is 2.34. The number of carbonyl (C=O) groups excluding carboxylic acids is 2. The molecule has 1 aliphatic heterocycles. The average Bonchev–Trinajstić information content (AvgIpc) is 2.93. The molecule has 4 heteroatoms. The van der Waals surface area contributed by atoms with Gasteiger partial charge in [-0.2, -0.15) is 0 Å². The Labute approximate surface area is 135 Å². The Kier molecular flexibility index (Phi) is 4.42. The summed E-state index contributed by atoms with van der Waals surface area (Å²) in [6.07, 6.45) is 0.461. The lowest BCUT2D eigenvalue weighted by Crippen LogP contribution is -2.38. The van der Waals surface area contributed by atoms with Gasteiger partial charge in [-0.15, -0.1) is 0 Å². The van der Waals surface area contributed by atoms with Gasteiger partial charge in [-0.05, 0) is 17.5 Å². The van der Waals surface area contributed by atoms with E-state index < -0.39 is 6.04 Å². The number of carbonyl (C=O) groups is 2. The number of hydrogen-bond acceptors (Lipinski definition) is 3. The van der Waals surface area contributed by atoms with E-state index in [9.17, 15) is 9.59 Å². The molecule has 23 heavy (non-hydrogen) atoms. The van der Waals surface area contributed by atoms with Crippen molar-refractivity contribution in [1.29, 1.82) is 0 Å². The van der Waals surface area contributed by atoms with Gasteiger partial charge in [0.15, 0.2) is 0 Å². The van der Waals surface area contributed by atoms with E-state index in [0.717, 1.165) is 11.1 Å². The quantitative estimate of drug-likeness (QED) is 0.816. The van der Waals surface area contributed by atoms with Crippen LogP contribution in [-0.2, 0) is 20.9 Å². The number of benzene rings is 2. The molecule has 1 heterocycles. The van der Waals surface area contributed by atoms with Gasteiger partial charge in [-0.3, -0.25) is 4.79 Å². The minimum Gasteiger partial charge on any atom is -0.467 e. The molecule has 0 N–H and O–H groups in total. The third kappa shape index (κ3) is 3.11. The lowest BCUT2D eigenvalue weighted by Gasteiger charge is -2.22. The van der Waals surface area contributed by atoms with Crippen LogP contribution in [0.3, 0.4) is 0 Å². The molecular weight excluding hydrogens is 290 g/mol. The molecule has 1 saturated heterocycles. The fourth-order valence-electron chi connectivity index (χ4n) is 3.10. The summed E-state index contributed by atoms with van der Waals surface area (Å²) in [6, 6.07) is 18.8. The Morgan fingerprint density at radius 2 is 1.70 bits per heavy atom. The normalized spacial score (nSPS) is 20.6. The molecule has 2 aromatic rings. The van der Waals surface area contributed by atoms with Crippen LogP contribution in [0.25, 0.3) is 0 Å². The molecule has 1 amide bonds. The zero-order valence-electron chi connectivity index (χ0n) is 13.0. The maximum atomic E-state index is 12.9. The SMILES string of the molecule is COC(=O)C1CC(c2ccccc2)C(=O)N1Cc1ccccc1. The Hall–Kier alpha value is -2.62. The highest BCUT2D eigenvalue weighted by Gasteiger charge is 2.44. The van der Waals surface area contributed by atoms with Gasteiger partial charge in [0.25, 0.3) is 0 Å². The molecule has 0 saturated carbocycles. The van der Waals surface area contributed by atoms with Gasteiger partial charge in [0, 0.05) is 6.54 Å². The average molecular weight is 309 g/mol. The maximum absolute atomic E-state index is 12.9. The largest absolute Gasteiger partial charge is 0.467 e. The van der Waals surface area contributed by atoms with Crippen molar-refractivity contribution in [2.24, 2.45) is 0 Å². The smallest absolute Gasteiger partial charge is 0.328 e. The van der Waals surface area contributed by atoms with Crippen LogP contribution >= 0.6 is 0 Å². The first-order chi connectivity index (χ1) is 11.2. The van der Waals surface area contributed by atoms with Crippen LogP contribution in [0.2, 0.25) is 0 Å². The first-order valence-corrected chi connectivity index (χ1v) is 7.68. The van der Waals surface area contributed by atoms with Crippen LogP contribution in [0, 0.1) is 0 Å². The highest BCUT2D eigenvalue weighted by molar-refractivity contribution is 5.92. The van der Waals surface area contributed by atoms with E-state index in [1.807, 2.05) is 60.7 Å². The van der Waals surface area contributed by atoms with Crippen molar-refractivity contribution < 1.29 is 14.3 Å². The lowest BCUT2D eigenvalue weighted by atomic mass is 9.96. The standard InChI is InChI=1S/C19H19NO3/c1-23-19(22)17-12-16(15-10-6-3-7-11-15)18(21)20(17)13-14-8-4-2-5-9-14/h2-11,16-17H,12-13H2,1H3. The maximum Gasteiger partial charge on any atom is 0.328 e. The van der Waals surface area contributed by atoms with Crippen molar-refractivity contribution in [1.82, 2.24) is 4.90 Å². The Morgan fingerprint density at radius 1 is 1.09 bits per heavy atom. The molecule has 2 unspecified atom stereocenters. The molecule has 0 bridgehead atoms. The zero-order valence-corrected chi connectivity index (χ0v) is 13.0. The van der Waals surface area contributed by atoms with Crippen molar-refractivity contribution in [3.63, 3.8) is 0 Å². The van der Waals surface area contributed by atoms with E-state index in [2.05, 4.69) is 0 Å². The number of likely N-dealkylation sites (tertiary alicyclic amines) is 1. The van der Waals surface area contributed by atoms with Gasteiger partial charge < -0.3 is 9.64 Å². The number of esters is 1. The molecule has 2 atom stereocenters. The summed E-state index contributed by atoms with van der Waals surface area (Å²) in [6.45, 7) is 0.419. The summed E-state index contributed by atoms with van der Waals surface area (Å²) in [5, 5.41) is 0. The third-order valence-electron chi connectivity index (χ3n) is 4.29. The number of amides is 1. The van der Waals surface area contributed by atoms with E-state index in [-0.39, 0.29) is 17.8 Å². The van der Waals surface area contributed by atoms with E-state index in [1.165, 1.54) is 7.11 Å². The molecule has 4 nitrogen and oxygen atoms in total. The summed E-state index contributed by atoms with van der Waals surface area (Å²) in [5.41, 5.74) is 1.95. The van der Waals surface area contributed by atoms with Crippen molar-refractivity contribution in [3.8, 4) is 0 Å². The minimum atomic E-state index is -0.530. The van der Waals surface area contributed by atoms with Crippen molar-refractivity contribution in [2.45, 2.75) is 24.9 Å². The molecule has 0 radical (unpaired) electrons. The van der Waals surface area contributed by atoms with Crippen molar-refractivity contribution in [2.75, 3.05) is 7.11 Å². The van der Waals surface area contributed by atoms with E-state index in [4.69, 9.17) is 4.74 Å². The second kappa shape index (κ2) is 6.65. The number of hydrogen-bond donors (Lipinski definition) is 0. The van der Waals surface area contributed by atoms with Gasteiger partial charge >= 0.3 is 5.97 Å². The van der Waals surface area contributed by atoms with E-state index in [0.29, 0.717) is 13.0 Å². The third-order valence-corrected chi connectivity index (χ3v) is 4.29. The van der Waals surface area contributed by atoms with Gasteiger partial charge in [0.05, 0.1) is 13.0 Å². The number of ether oxygens (including phenoxy) is 1. The predicted octanol–water partition coefficient (Wildman–Crippen LogP) is 2.74. The number of nitrogens with zero attached hydrogens (tertiary/aromatic N) is 1. The van der Waals surface area contributed by atoms with Gasteiger partial charge in [0.1, 0.15) is 6.04 Å². The second-order valence-corrected chi connectivity index (χ2v) is 5.69. The molecule has 2 aromatic carbocycles. The van der Waals surface area contributed by atoms with Crippen molar-refractivity contribution in [3.05, 3.63) is 71.8 Å². The monoisotopic (exact) mass is 309 g/mol. The van der Waals surface area contributed by atoms with Crippen LogP contribution in [0.5, 0.6) is 0 Å². The lowest BCUT2D eigenvalue weighted by molar-refractivity contribution is -0.149. The van der Waals surface area contributed by atoms with Crippen LogP contribution in [-0.4, -0.2) is 29.9 Å². The van der Waals surface area contributed by atoms with Crippen LogP contribution < -0.4 is 0 Å². The molecule has 0 spiro atoms. The Morgan fingerprint density at radius 3 is 2.30 bits per heavy atom. The molecule has 118 valence electrons. The summed E-state index contributed by atoms with van der Waals surface area (Å²) in [5.74, 6) is -0.660. The minimum absolute atomic E-state index is 0.0181. The number of rotatable bonds is 4. The van der Waals surface area contributed by atoms with E-state index in [1.54, 1.807) is 4.90 Å². The molecule has 3 rings (SSSR count). The fraction of sp³-hybridized carbons (Fsp3) is 0.263. The number of methoxy groups -OCH3 is 1. The first kappa shape index (κ1) is 15.3. The van der Waals surface area contributed by atoms with Crippen LogP contribution in [0.1, 0.15) is 23.5 Å². The molecule has 0 aliphatic carbocycles. The summed E-state index contributed by atoms with van der Waals surface area (Å²) < 4.78 is 4.90. The van der Waals surface area contributed by atoms with Crippen LogP contribution in [0.15, 0.2) is 60.7 Å². The molecule has 1 fully saturated rings. The molecule has 1 aliphatic rings. The molecule has 0 aromatic heterocycles. The van der Waals surface area contributed by atoms with Gasteiger partial charge in [0.2, 0.25) is 5.91 Å². The zero-order chi connectivity index (χ0) is 16.2. The second-order valence-electron chi connectivity index (χ2n) is 5.69. The van der Waals surface area contributed by atoms with Crippen LogP contribution in [0.4, 0.5) is 0 Å². The highest BCUT2D eigenvalue weighted by atomic mass is 16.5. The fourth-order valence-corrected chi connectivity index (χ4v) is 3.10. The van der Waals surface area contributed by atoms with E-state index >= 15 is 0 Å². The predicted molar refractivity (Wildman–Crippen MR) is 86.6 cm³/mol.